The molecule has 0 aromatic carbocycles. The number of carbonyl (C=O) groups excluding carboxylic acids is 2. The van der Waals surface area contributed by atoms with E-state index in [1.165, 1.54) is 89.9 Å². The first-order valence-electron chi connectivity index (χ1n) is 19.5. The number of allylic oxidation sites excluding steroid dienone is 4. The van der Waals surface area contributed by atoms with Gasteiger partial charge in [0.25, 0.3) is 0 Å². The first kappa shape index (κ1) is 44.2. The Morgan fingerprint density at radius 3 is 1.76 bits per heavy atom. The Kier molecular flexibility index (Phi) is 34.6. The summed E-state index contributed by atoms with van der Waals surface area (Å²) >= 11 is 0. The zero-order valence-electron chi connectivity index (χ0n) is 30.9. The van der Waals surface area contributed by atoms with E-state index >= 15 is 0 Å². The van der Waals surface area contributed by atoms with Crippen LogP contribution in [0.3, 0.4) is 0 Å². The number of carbonyl (C=O) groups is 2. The van der Waals surface area contributed by atoms with Crippen LogP contribution in [-0.4, -0.2) is 56.5 Å². The van der Waals surface area contributed by atoms with Crippen LogP contribution in [0.15, 0.2) is 24.3 Å². The minimum absolute atomic E-state index is 0.147. The van der Waals surface area contributed by atoms with Crippen LogP contribution in [0.1, 0.15) is 181 Å². The molecule has 0 fully saturated rings. The van der Waals surface area contributed by atoms with Gasteiger partial charge in [-0.1, -0.05) is 135 Å². The van der Waals surface area contributed by atoms with E-state index in [0.29, 0.717) is 19.4 Å². The number of ether oxygens (including phenoxy) is 3. The van der Waals surface area contributed by atoms with Crippen molar-refractivity contribution in [2.75, 3.05) is 33.4 Å². The van der Waals surface area contributed by atoms with E-state index in [9.17, 15) is 9.59 Å². The topological polar surface area (TPSA) is 65.1 Å². The van der Waals surface area contributed by atoms with Crippen molar-refractivity contribution in [1.82, 2.24) is 4.90 Å². The van der Waals surface area contributed by atoms with E-state index in [2.05, 4.69) is 57.0 Å². The van der Waals surface area contributed by atoms with Crippen molar-refractivity contribution in [2.45, 2.75) is 187 Å². The van der Waals surface area contributed by atoms with Crippen molar-refractivity contribution >= 4 is 12.1 Å². The van der Waals surface area contributed by atoms with E-state index in [1.807, 2.05) is 0 Å². The van der Waals surface area contributed by atoms with E-state index in [1.54, 1.807) is 0 Å². The second-order valence-corrected chi connectivity index (χ2v) is 13.0. The lowest BCUT2D eigenvalue weighted by molar-refractivity contribution is -0.144. The molecule has 0 rings (SSSR count). The van der Waals surface area contributed by atoms with Gasteiger partial charge in [-0.3, -0.25) is 4.79 Å². The minimum atomic E-state index is -0.604. The summed E-state index contributed by atoms with van der Waals surface area (Å²) in [5.74, 6) is -0.147. The summed E-state index contributed by atoms with van der Waals surface area (Å²) in [6.45, 7) is 9.11. The van der Waals surface area contributed by atoms with Gasteiger partial charge in [-0.05, 0) is 71.4 Å². The van der Waals surface area contributed by atoms with Gasteiger partial charge < -0.3 is 19.1 Å². The van der Waals surface area contributed by atoms with Crippen molar-refractivity contribution in [1.29, 1.82) is 0 Å². The zero-order chi connectivity index (χ0) is 33.8. The fraction of sp³-hybridized carbons (Fsp3) is 0.850. The highest BCUT2D eigenvalue weighted by atomic mass is 16.7. The van der Waals surface area contributed by atoms with Crippen LogP contribution in [0.4, 0.5) is 4.79 Å². The predicted octanol–water partition coefficient (Wildman–Crippen LogP) is 11.9. The maximum absolute atomic E-state index is 12.3. The second-order valence-electron chi connectivity index (χ2n) is 13.0. The molecule has 0 aliphatic carbocycles. The van der Waals surface area contributed by atoms with Gasteiger partial charge in [0.1, 0.15) is 6.10 Å². The SMILES string of the molecule is CCCCC/C=C\C/C=C\CCCCCCCC(=O)OCCC(CCCCCCCCCCCC)OC(=O)OCCCN(C)CC. The Bertz CT molecular complexity index is 722. The van der Waals surface area contributed by atoms with Crippen LogP contribution >= 0.6 is 0 Å². The summed E-state index contributed by atoms with van der Waals surface area (Å²) in [6.07, 6.45) is 36.3. The smallest absolute Gasteiger partial charge is 0.466 e. The van der Waals surface area contributed by atoms with E-state index in [0.717, 1.165) is 70.9 Å². The molecule has 0 amide bonds. The van der Waals surface area contributed by atoms with Crippen molar-refractivity contribution < 1.29 is 23.8 Å². The maximum atomic E-state index is 12.3. The normalized spacial score (nSPS) is 12.4. The number of unbranched alkanes of at least 4 members (excludes halogenated alkanes) is 17. The first-order valence-corrected chi connectivity index (χ1v) is 19.5. The van der Waals surface area contributed by atoms with E-state index < -0.39 is 6.16 Å². The van der Waals surface area contributed by atoms with Gasteiger partial charge in [-0.15, -0.1) is 0 Å². The van der Waals surface area contributed by atoms with E-state index in [4.69, 9.17) is 14.2 Å². The molecular formula is C40H75NO5. The molecule has 0 bridgehead atoms. The van der Waals surface area contributed by atoms with Crippen molar-refractivity contribution in [3.8, 4) is 0 Å². The van der Waals surface area contributed by atoms with Gasteiger partial charge >= 0.3 is 12.1 Å². The summed E-state index contributed by atoms with van der Waals surface area (Å²) < 4.78 is 16.5. The van der Waals surface area contributed by atoms with Gasteiger partial charge in [0.05, 0.1) is 13.2 Å². The third kappa shape index (κ3) is 33.5. The van der Waals surface area contributed by atoms with E-state index in [-0.39, 0.29) is 18.7 Å². The molecule has 6 heteroatoms. The third-order valence-electron chi connectivity index (χ3n) is 8.62. The molecule has 0 aromatic rings. The number of hydrogen-bond donors (Lipinski definition) is 0. The molecule has 0 aliphatic heterocycles. The van der Waals surface area contributed by atoms with Crippen LogP contribution in [-0.2, 0) is 19.0 Å². The lowest BCUT2D eigenvalue weighted by Crippen LogP contribution is -2.23. The molecule has 270 valence electrons. The molecule has 0 heterocycles. The number of hydrogen-bond acceptors (Lipinski definition) is 6. The number of rotatable bonds is 34. The van der Waals surface area contributed by atoms with Crippen LogP contribution < -0.4 is 0 Å². The van der Waals surface area contributed by atoms with Gasteiger partial charge in [-0.25, -0.2) is 4.79 Å². The van der Waals surface area contributed by atoms with Crippen LogP contribution in [0.25, 0.3) is 0 Å². The molecular weight excluding hydrogens is 574 g/mol. The molecule has 0 aromatic heterocycles. The standard InChI is InChI=1S/C40H75NO5/c1-5-8-10-12-14-16-18-19-20-21-22-24-26-28-30-33-39(42)44-37-34-38(46-40(43)45-36-31-35-41(4)7-3)32-29-27-25-23-17-15-13-11-9-6-2/h14,16,19-20,38H,5-13,15,17-18,21-37H2,1-4H3/b16-14-,20-19-. The molecule has 0 N–H and O–H groups in total. The van der Waals surface area contributed by atoms with Crippen LogP contribution in [0.2, 0.25) is 0 Å². The summed E-state index contributed by atoms with van der Waals surface area (Å²) in [4.78, 5) is 26.8. The van der Waals surface area contributed by atoms with Crippen molar-refractivity contribution in [3.63, 3.8) is 0 Å². The van der Waals surface area contributed by atoms with Gasteiger partial charge in [0.2, 0.25) is 0 Å². The third-order valence-corrected chi connectivity index (χ3v) is 8.62. The molecule has 0 saturated heterocycles. The molecule has 1 unspecified atom stereocenters. The Morgan fingerprint density at radius 2 is 1.13 bits per heavy atom. The largest absolute Gasteiger partial charge is 0.508 e. The van der Waals surface area contributed by atoms with Crippen molar-refractivity contribution in [3.05, 3.63) is 24.3 Å². The quantitative estimate of drug-likeness (QED) is 0.0392. The van der Waals surface area contributed by atoms with Gasteiger partial charge in [0, 0.05) is 19.4 Å². The molecule has 46 heavy (non-hydrogen) atoms. The average molecular weight is 650 g/mol. The molecule has 1 atom stereocenters. The highest BCUT2D eigenvalue weighted by molar-refractivity contribution is 5.69. The van der Waals surface area contributed by atoms with Crippen molar-refractivity contribution in [2.24, 2.45) is 0 Å². The minimum Gasteiger partial charge on any atom is -0.466 e. The first-order chi connectivity index (χ1) is 22.5. The highest BCUT2D eigenvalue weighted by Gasteiger charge is 2.17. The summed E-state index contributed by atoms with van der Waals surface area (Å²) in [6, 6.07) is 0. The molecule has 0 saturated carbocycles. The summed E-state index contributed by atoms with van der Waals surface area (Å²) in [7, 11) is 2.05. The molecule has 0 spiro atoms. The average Bonchev–Trinajstić information content (AvgIpc) is 3.05. The lowest BCUT2D eigenvalue weighted by atomic mass is 10.0. The summed E-state index contributed by atoms with van der Waals surface area (Å²) in [5.41, 5.74) is 0. The predicted molar refractivity (Wildman–Crippen MR) is 195 cm³/mol. The highest BCUT2D eigenvalue weighted by Crippen LogP contribution is 2.16. The maximum Gasteiger partial charge on any atom is 0.508 e. The van der Waals surface area contributed by atoms with Crippen LogP contribution in [0, 0.1) is 0 Å². The Morgan fingerprint density at radius 1 is 0.587 bits per heavy atom. The number of esters is 1. The number of nitrogens with zero attached hydrogens (tertiary/aromatic N) is 1. The summed E-state index contributed by atoms with van der Waals surface area (Å²) in [5, 5.41) is 0. The lowest BCUT2D eigenvalue weighted by Gasteiger charge is -2.18. The monoisotopic (exact) mass is 650 g/mol. The van der Waals surface area contributed by atoms with Crippen LogP contribution in [0.5, 0.6) is 0 Å². The zero-order valence-corrected chi connectivity index (χ0v) is 30.9. The van der Waals surface area contributed by atoms with Gasteiger partial charge in [0.15, 0.2) is 0 Å². The molecule has 6 nitrogen and oxygen atoms in total. The molecule has 0 aliphatic rings. The Labute approximate surface area is 285 Å². The fourth-order valence-electron chi connectivity index (χ4n) is 5.40. The second kappa shape index (κ2) is 36.0. The Balaban J connectivity index is 4.12. The van der Waals surface area contributed by atoms with Gasteiger partial charge in [-0.2, -0.15) is 0 Å². The Hall–Kier alpha value is -1.82. The fourth-order valence-corrected chi connectivity index (χ4v) is 5.40. The molecule has 0 radical (unpaired) electrons.